The summed E-state index contributed by atoms with van der Waals surface area (Å²) in [5, 5.41) is 6.89. The molecular formula is C4H12O2S2. The number of hydrogen-bond donors (Lipinski definition) is 1. The molecule has 0 atom stereocenters. The predicted octanol–water partition coefficient (Wildman–Crippen LogP) is 1.96. The molecule has 0 aromatic heterocycles. The molecule has 0 aliphatic heterocycles. The first-order chi connectivity index (χ1) is 3.33. The zero-order chi connectivity index (χ0) is 6.12. The molecular weight excluding hydrogens is 144 g/mol. The molecule has 0 aliphatic carbocycles. The molecule has 8 heavy (non-hydrogen) atoms. The summed E-state index contributed by atoms with van der Waals surface area (Å²) in [5.74, 6) is 0. The zero-order valence-corrected chi connectivity index (χ0v) is 5.88. The van der Waals surface area contributed by atoms with Gasteiger partial charge in [-0.15, -0.1) is 0 Å². The van der Waals surface area contributed by atoms with Crippen molar-refractivity contribution in [3.05, 3.63) is 0 Å². The van der Waals surface area contributed by atoms with Crippen LogP contribution in [-0.2, 0) is 4.79 Å². The van der Waals surface area contributed by atoms with Gasteiger partial charge in [0.15, 0.2) is 0 Å². The van der Waals surface area contributed by atoms with Crippen LogP contribution in [0.15, 0.2) is 0 Å². The molecule has 4 heteroatoms. The Bertz CT molecular complexity index is 31.2. The van der Waals surface area contributed by atoms with Crippen molar-refractivity contribution >= 4 is 28.1 Å². The lowest BCUT2D eigenvalue weighted by Crippen LogP contribution is -1.49. The molecule has 0 aromatic rings. The molecule has 0 radical (unpaired) electrons. The Morgan fingerprint density at radius 1 is 1.38 bits per heavy atom. The Morgan fingerprint density at radius 2 is 1.50 bits per heavy atom. The fourth-order valence-electron chi connectivity index (χ4n) is 0. The van der Waals surface area contributed by atoms with Gasteiger partial charge in [0.25, 0.3) is 6.47 Å². The highest BCUT2D eigenvalue weighted by Crippen LogP contribution is 2.09. The summed E-state index contributed by atoms with van der Waals surface area (Å²) in [5.41, 5.74) is 0. The van der Waals surface area contributed by atoms with Crippen molar-refractivity contribution in [2.24, 2.45) is 0 Å². The van der Waals surface area contributed by atoms with E-state index in [2.05, 4.69) is 12.5 Å². The van der Waals surface area contributed by atoms with Gasteiger partial charge in [0, 0.05) is 0 Å². The molecule has 0 aromatic carbocycles. The van der Waals surface area contributed by atoms with E-state index >= 15 is 0 Å². The highest BCUT2D eigenvalue weighted by atomic mass is 33.1. The van der Waals surface area contributed by atoms with E-state index in [0.717, 1.165) is 0 Å². The number of rotatable bonds is 1. The van der Waals surface area contributed by atoms with Crippen LogP contribution >= 0.6 is 21.6 Å². The summed E-state index contributed by atoms with van der Waals surface area (Å²) in [6, 6.07) is 0. The van der Waals surface area contributed by atoms with E-state index in [1.54, 1.807) is 21.6 Å². The van der Waals surface area contributed by atoms with E-state index in [1.807, 2.05) is 0 Å². The Kier molecular flexibility index (Phi) is 53.4. The Labute approximate surface area is 58.4 Å². The average Bonchev–Trinajstić information content (AvgIpc) is 1.69. The van der Waals surface area contributed by atoms with E-state index < -0.39 is 0 Å². The largest absolute Gasteiger partial charge is 0.483 e. The van der Waals surface area contributed by atoms with E-state index in [1.165, 1.54) is 0 Å². The zero-order valence-electron chi connectivity index (χ0n) is 4.25. The minimum Gasteiger partial charge on any atom is -0.483 e. The lowest BCUT2D eigenvalue weighted by atomic mass is 11.7. The molecule has 52 valence electrons. The van der Waals surface area contributed by atoms with E-state index in [0.29, 0.717) is 0 Å². The highest BCUT2D eigenvalue weighted by molar-refractivity contribution is 8.76. The van der Waals surface area contributed by atoms with Gasteiger partial charge < -0.3 is 5.11 Å². The van der Waals surface area contributed by atoms with Gasteiger partial charge in [0.05, 0.1) is 0 Å². The molecule has 0 amide bonds. The number of carboxylic acid groups (broad SMARTS) is 1. The summed E-state index contributed by atoms with van der Waals surface area (Å²) in [7, 11) is 3.55. The summed E-state index contributed by atoms with van der Waals surface area (Å²) >= 11 is 0. The van der Waals surface area contributed by atoms with E-state index in [4.69, 9.17) is 9.90 Å². The second-order valence-electron chi connectivity index (χ2n) is 0.439. The van der Waals surface area contributed by atoms with Crippen LogP contribution in [0.3, 0.4) is 0 Å². The van der Waals surface area contributed by atoms with Crippen molar-refractivity contribution in [1.29, 1.82) is 0 Å². The van der Waals surface area contributed by atoms with E-state index in [9.17, 15) is 0 Å². The van der Waals surface area contributed by atoms with Crippen molar-refractivity contribution < 1.29 is 9.90 Å². The van der Waals surface area contributed by atoms with Gasteiger partial charge in [-0.1, -0.05) is 29.0 Å². The van der Waals surface area contributed by atoms with Gasteiger partial charge >= 0.3 is 0 Å². The van der Waals surface area contributed by atoms with Crippen molar-refractivity contribution in [2.45, 2.75) is 7.43 Å². The first kappa shape index (κ1) is 15.7. The normalized spacial score (nSPS) is 5.25. The predicted molar refractivity (Wildman–Crippen MR) is 42.5 cm³/mol. The third kappa shape index (κ3) is 120. The van der Waals surface area contributed by atoms with E-state index in [-0.39, 0.29) is 13.9 Å². The van der Waals surface area contributed by atoms with Crippen LogP contribution in [0.1, 0.15) is 7.43 Å². The third-order valence-corrected chi connectivity index (χ3v) is 1.50. The lowest BCUT2D eigenvalue weighted by molar-refractivity contribution is -0.122. The third-order valence-electron chi connectivity index (χ3n) is 0.167. The monoisotopic (exact) mass is 156 g/mol. The molecule has 0 fully saturated rings. The fourth-order valence-corrected chi connectivity index (χ4v) is 0. The number of carbonyl (C=O) groups is 1. The Morgan fingerprint density at radius 3 is 1.50 bits per heavy atom. The maximum Gasteiger partial charge on any atom is 0.290 e. The van der Waals surface area contributed by atoms with Crippen LogP contribution in [0.2, 0.25) is 0 Å². The van der Waals surface area contributed by atoms with Crippen molar-refractivity contribution in [2.75, 3.05) is 12.5 Å². The molecule has 2 nitrogen and oxygen atoms in total. The second-order valence-corrected chi connectivity index (χ2v) is 3.11. The number of hydrogen-bond acceptors (Lipinski definition) is 3. The minimum atomic E-state index is -0.250. The van der Waals surface area contributed by atoms with Crippen LogP contribution in [0.5, 0.6) is 0 Å². The van der Waals surface area contributed by atoms with Gasteiger partial charge in [0.2, 0.25) is 0 Å². The standard InChI is InChI=1S/C2H6S2.CH2O2.CH4/c1-3-4-2;2-1-3;/h1-2H3;1H,(H,2,3);1H4. The molecule has 1 N–H and O–H groups in total. The summed E-state index contributed by atoms with van der Waals surface area (Å²) in [6.07, 6.45) is 4.12. The molecule has 0 bridgehead atoms. The summed E-state index contributed by atoms with van der Waals surface area (Å²) < 4.78 is 0. The van der Waals surface area contributed by atoms with Crippen LogP contribution in [-0.4, -0.2) is 24.1 Å². The van der Waals surface area contributed by atoms with Crippen molar-refractivity contribution in [3.63, 3.8) is 0 Å². The Balaban J connectivity index is -0.0000000575. The topological polar surface area (TPSA) is 37.3 Å². The smallest absolute Gasteiger partial charge is 0.290 e. The molecule has 0 saturated carbocycles. The van der Waals surface area contributed by atoms with Crippen molar-refractivity contribution in [3.8, 4) is 0 Å². The molecule has 0 unspecified atom stereocenters. The van der Waals surface area contributed by atoms with Gasteiger partial charge in [-0.05, 0) is 12.5 Å². The SMILES string of the molecule is C.CSSC.O=CO. The average molecular weight is 156 g/mol. The Hall–Kier alpha value is 0.170. The highest BCUT2D eigenvalue weighted by Gasteiger charge is 1.55. The van der Waals surface area contributed by atoms with Crippen LogP contribution in [0.4, 0.5) is 0 Å². The first-order valence-corrected chi connectivity index (χ1v) is 4.44. The second kappa shape index (κ2) is 27.2. The molecule has 0 heterocycles. The summed E-state index contributed by atoms with van der Waals surface area (Å²) in [6.45, 7) is -0.250. The minimum absolute atomic E-state index is 0. The van der Waals surface area contributed by atoms with Crippen molar-refractivity contribution in [1.82, 2.24) is 0 Å². The quantitative estimate of drug-likeness (QED) is 0.465. The molecule has 0 rings (SSSR count). The van der Waals surface area contributed by atoms with Gasteiger partial charge in [0.1, 0.15) is 0 Å². The van der Waals surface area contributed by atoms with Gasteiger partial charge in [-0.2, -0.15) is 0 Å². The van der Waals surface area contributed by atoms with Crippen LogP contribution < -0.4 is 0 Å². The summed E-state index contributed by atoms with van der Waals surface area (Å²) in [4.78, 5) is 8.36. The molecule has 0 aliphatic rings. The lowest BCUT2D eigenvalue weighted by Gasteiger charge is -1.69. The molecule has 0 spiro atoms. The van der Waals surface area contributed by atoms with Gasteiger partial charge in [-0.25, -0.2) is 0 Å². The maximum absolute atomic E-state index is 8.36. The fraction of sp³-hybridized carbons (Fsp3) is 0.750. The maximum atomic E-state index is 8.36. The van der Waals surface area contributed by atoms with Gasteiger partial charge in [-0.3, -0.25) is 4.79 Å². The van der Waals surface area contributed by atoms with Crippen LogP contribution in [0.25, 0.3) is 0 Å². The molecule has 0 saturated heterocycles. The van der Waals surface area contributed by atoms with Crippen LogP contribution in [0, 0.1) is 0 Å². The first-order valence-electron chi connectivity index (χ1n) is 1.48.